The number of rotatable bonds is 5. The lowest BCUT2D eigenvalue weighted by atomic mass is 10.0. The summed E-state index contributed by atoms with van der Waals surface area (Å²) >= 11 is 6.05. The Bertz CT molecular complexity index is 507. The molecule has 1 aromatic heterocycles. The molecule has 1 atom stereocenters. The lowest BCUT2D eigenvalue weighted by Gasteiger charge is -2.16. The van der Waals surface area contributed by atoms with Gasteiger partial charge in [-0.15, -0.1) is 0 Å². The highest BCUT2D eigenvalue weighted by Crippen LogP contribution is 2.26. The van der Waals surface area contributed by atoms with Crippen LogP contribution in [0.15, 0.2) is 40.8 Å². The van der Waals surface area contributed by atoms with Crippen LogP contribution in [0.25, 0.3) is 0 Å². The van der Waals surface area contributed by atoms with Gasteiger partial charge in [-0.3, -0.25) is 0 Å². The highest BCUT2D eigenvalue weighted by atomic mass is 35.5. The van der Waals surface area contributed by atoms with Crippen molar-refractivity contribution in [3.05, 3.63) is 58.5 Å². The molecule has 1 N–H and O–H groups in total. The van der Waals surface area contributed by atoms with Crippen LogP contribution in [0, 0.1) is 0 Å². The van der Waals surface area contributed by atoms with Gasteiger partial charge in [0.15, 0.2) is 0 Å². The minimum absolute atomic E-state index is 0.0639. The van der Waals surface area contributed by atoms with Gasteiger partial charge in [-0.25, -0.2) is 0 Å². The highest BCUT2D eigenvalue weighted by Gasteiger charge is 2.16. The van der Waals surface area contributed by atoms with Gasteiger partial charge in [0.05, 0.1) is 6.04 Å². The number of aryl methyl sites for hydroxylation is 1. The van der Waals surface area contributed by atoms with Crippen molar-refractivity contribution in [1.82, 2.24) is 5.32 Å². The van der Waals surface area contributed by atoms with Crippen LogP contribution in [0.5, 0.6) is 0 Å². The lowest BCUT2D eigenvalue weighted by molar-refractivity contribution is 0.426. The molecule has 96 valence electrons. The first-order valence-corrected chi connectivity index (χ1v) is 6.69. The fraction of sp³-hybridized carbons (Fsp3) is 0.333. The molecule has 0 bridgehead atoms. The monoisotopic (exact) mass is 263 g/mol. The van der Waals surface area contributed by atoms with E-state index in [1.54, 1.807) is 0 Å². The van der Waals surface area contributed by atoms with E-state index in [0.29, 0.717) is 0 Å². The molecular formula is C15H18ClNO. The Morgan fingerprint density at radius 3 is 2.67 bits per heavy atom. The molecule has 0 spiro atoms. The Hall–Kier alpha value is -1.25. The minimum atomic E-state index is 0.0639. The predicted molar refractivity (Wildman–Crippen MR) is 75.1 cm³/mol. The fourth-order valence-corrected chi connectivity index (χ4v) is 2.21. The van der Waals surface area contributed by atoms with E-state index < -0.39 is 0 Å². The first kappa shape index (κ1) is 13.2. The maximum atomic E-state index is 6.05. The second-order valence-corrected chi connectivity index (χ2v) is 4.64. The van der Waals surface area contributed by atoms with Crippen LogP contribution < -0.4 is 5.32 Å². The number of halogens is 1. The first-order chi connectivity index (χ1) is 8.74. The Balaban J connectivity index is 2.33. The number of benzene rings is 1. The molecule has 0 fully saturated rings. The third kappa shape index (κ3) is 2.95. The second kappa shape index (κ2) is 6.07. The summed E-state index contributed by atoms with van der Waals surface area (Å²) in [5.74, 6) is 1.95. The number of hydrogen-bond acceptors (Lipinski definition) is 2. The van der Waals surface area contributed by atoms with Crippen LogP contribution in [0.2, 0.25) is 5.02 Å². The number of nitrogens with one attached hydrogen (secondary N) is 1. The molecule has 0 radical (unpaired) electrons. The van der Waals surface area contributed by atoms with E-state index >= 15 is 0 Å². The molecule has 0 amide bonds. The first-order valence-electron chi connectivity index (χ1n) is 6.32. The van der Waals surface area contributed by atoms with Gasteiger partial charge < -0.3 is 9.73 Å². The SMILES string of the molecule is CCNC(c1cccc(Cl)c1)c1ccc(CC)o1. The van der Waals surface area contributed by atoms with Gasteiger partial charge in [-0.2, -0.15) is 0 Å². The van der Waals surface area contributed by atoms with Crippen molar-refractivity contribution >= 4 is 11.6 Å². The normalized spacial score (nSPS) is 12.6. The quantitative estimate of drug-likeness (QED) is 0.875. The van der Waals surface area contributed by atoms with Gasteiger partial charge in [-0.05, 0) is 36.4 Å². The maximum Gasteiger partial charge on any atom is 0.125 e. The zero-order valence-corrected chi connectivity index (χ0v) is 11.5. The average molecular weight is 264 g/mol. The Labute approximate surface area is 113 Å². The van der Waals surface area contributed by atoms with Gasteiger partial charge in [-0.1, -0.05) is 37.6 Å². The molecule has 0 aliphatic carbocycles. The van der Waals surface area contributed by atoms with Gasteiger partial charge in [0.25, 0.3) is 0 Å². The Morgan fingerprint density at radius 2 is 2.06 bits per heavy atom. The van der Waals surface area contributed by atoms with Gasteiger partial charge in [0.2, 0.25) is 0 Å². The summed E-state index contributed by atoms with van der Waals surface area (Å²) in [5, 5.41) is 4.18. The largest absolute Gasteiger partial charge is 0.464 e. The minimum Gasteiger partial charge on any atom is -0.464 e. The molecule has 18 heavy (non-hydrogen) atoms. The molecule has 3 heteroatoms. The average Bonchev–Trinajstić information content (AvgIpc) is 2.84. The van der Waals surface area contributed by atoms with E-state index in [1.165, 1.54) is 0 Å². The fourth-order valence-electron chi connectivity index (χ4n) is 2.01. The number of hydrogen-bond donors (Lipinski definition) is 1. The summed E-state index contributed by atoms with van der Waals surface area (Å²) in [6, 6.07) is 12.0. The summed E-state index contributed by atoms with van der Waals surface area (Å²) in [5.41, 5.74) is 1.13. The van der Waals surface area contributed by atoms with Crippen molar-refractivity contribution in [2.45, 2.75) is 26.3 Å². The van der Waals surface area contributed by atoms with E-state index in [-0.39, 0.29) is 6.04 Å². The molecule has 0 aliphatic heterocycles. The third-order valence-electron chi connectivity index (χ3n) is 2.91. The highest BCUT2D eigenvalue weighted by molar-refractivity contribution is 6.30. The van der Waals surface area contributed by atoms with Crippen molar-refractivity contribution in [2.24, 2.45) is 0 Å². The van der Waals surface area contributed by atoms with Gasteiger partial charge in [0, 0.05) is 11.4 Å². The molecule has 0 saturated heterocycles. The molecular weight excluding hydrogens is 246 g/mol. The predicted octanol–water partition coefficient (Wildman–Crippen LogP) is 4.19. The van der Waals surface area contributed by atoms with Crippen molar-refractivity contribution in [3.8, 4) is 0 Å². The maximum absolute atomic E-state index is 6.05. The summed E-state index contributed by atoms with van der Waals surface area (Å²) in [7, 11) is 0. The second-order valence-electron chi connectivity index (χ2n) is 4.20. The summed E-state index contributed by atoms with van der Waals surface area (Å²) in [6.45, 7) is 5.05. The standard InChI is InChI=1S/C15H18ClNO/c1-3-13-8-9-14(18-13)15(17-4-2)11-6-5-7-12(16)10-11/h5-10,15,17H,3-4H2,1-2H3. The molecule has 1 heterocycles. The third-order valence-corrected chi connectivity index (χ3v) is 3.14. The van der Waals surface area contributed by atoms with E-state index in [4.69, 9.17) is 16.0 Å². The van der Waals surface area contributed by atoms with Crippen LogP contribution in [0.4, 0.5) is 0 Å². The lowest BCUT2D eigenvalue weighted by Crippen LogP contribution is -2.21. The van der Waals surface area contributed by atoms with Gasteiger partial charge >= 0.3 is 0 Å². The van der Waals surface area contributed by atoms with Crippen molar-refractivity contribution in [1.29, 1.82) is 0 Å². The Kier molecular flexibility index (Phi) is 4.45. The zero-order valence-electron chi connectivity index (χ0n) is 10.7. The topological polar surface area (TPSA) is 25.2 Å². The molecule has 2 nitrogen and oxygen atoms in total. The summed E-state index contributed by atoms with van der Waals surface area (Å²) < 4.78 is 5.84. The smallest absolute Gasteiger partial charge is 0.125 e. The molecule has 0 saturated carbocycles. The Morgan fingerprint density at radius 1 is 1.22 bits per heavy atom. The van der Waals surface area contributed by atoms with E-state index in [1.807, 2.05) is 30.3 Å². The zero-order chi connectivity index (χ0) is 13.0. The van der Waals surface area contributed by atoms with Crippen molar-refractivity contribution in [3.63, 3.8) is 0 Å². The van der Waals surface area contributed by atoms with Crippen LogP contribution in [-0.2, 0) is 6.42 Å². The summed E-state index contributed by atoms with van der Waals surface area (Å²) in [6.07, 6.45) is 0.911. The number of furan rings is 1. The van der Waals surface area contributed by atoms with Crippen LogP contribution >= 0.6 is 11.6 Å². The van der Waals surface area contributed by atoms with Crippen molar-refractivity contribution in [2.75, 3.05) is 6.54 Å². The summed E-state index contributed by atoms with van der Waals surface area (Å²) in [4.78, 5) is 0. The van der Waals surface area contributed by atoms with Crippen LogP contribution in [0.1, 0.15) is 37.0 Å². The van der Waals surface area contributed by atoms with Gasteiger partial charge in [0.1, 0.15) is 11.5 Å². The molecule has 1 aromatic carbocycles. The molecule has 2 aromatic rings. The van der Waals surface area contributed by atoms with Crippen molar-refractivity contribution < 1.29 is 4.42 Å². The van der Waals surface area contributed by atoms with Crippen LogP contribution in [-0.4, -0.2) is 6.54 Å². The van der Waals surface area contributed by atoms with E-state index in [9.17, 15) is 0 Å². The molecule has 2 rings (SSSR count). The van der Waals surface area contributed by atoms with E-state index in [2.05, 4.69) is 25.2 Å². The molecule has 0 aliphatic rings. The van der Waals surface area contributed by atoms with E-state index in [0.717, 1.165) is 35.1 Å². The van der Waals surface area contributed by atoms with Crippen LogP contribution in [0.3, 0.4) is 0 Å². The molecule has 1 unspecified atom stereocenters.